The molecule has 1 aromatic carbocycles. The van der Waals surface area contributed by atoms with E-state index in [1.54, 1.807) is 12.1 Å². The van der Waals surface area contributed by atoms with Crippen LogP contribution in [0.25, 0.3) is 0 Å². The van der Waals surface area contributed by atoms with Crippen molar-refractivity contribution in [2.45, 2.75) is 57.2 Å². The number of nitrogens with one attached hydrogen (secondary N) is 2. The molecule has 4 atom stereocenters. The first-order valence-electron chi connectivity index (χ1n) is 10.0. The van der Waals surface area contributed by atoms with Crippen molar-refractivity contribution in [1.29, 1.82) is 0 Å². The van der Waals surface area contributed by atoms with Crippen molar-refractivity contribution >= 4 is 29.9 Å². The lowest BCUT2D eigenvalue weighted by molar-refractivity contribution is -0.274. The predicted octanol–water partition coefficient (Wildman–Crippen LogP) is 3.23. The van der Waals surface area contributed by atoms with E-state index in [-0.39, 0.29) is 54.4 Å². The molecule has 2 aliphatic rings. The third-order valence-electron chi connectivity index (χ3n) is 5.22. The molecule has 2 fully saturated rings. The van der Waals surface area contributed by atoms with E-state index in [2.05, 4.69) is 20.4 Å². The number of benzene rings is 1. The van der Waals surface area contributed by atoms with Crippen LogP contribution in [0.15, 0.2) is 29.3 Å². The number of nitrogens with zero attached hydrogens (tertiary/aromatic N) is 1. The van der Waals surface area contributed by atoms with Crippen LogP contribution in [0.4, 0.5) is 13.2 Å². The van der Waals surface area contributed by atoms with Crippen LogP contribution in [0.5, 0.6) is 5.75 Å². The average molecular weight is 543 g/mol. The molecule has 2 heterocycles. The van der Waals surface area contributed by atoms with Crippen LogP contribution in [0, 0.1) is 5.92 Å². The fourth-order valence-electron chi connectivity index (χ4n) is 3.85. The summed E-state index contributed by atoms with van der Waals surface area (Å²) >= 11 is 0. The van der Waals surface area contributed by atoms with E-state index in [9.17, 15) is 18.3 Å². The molecule has 10 heteroatoms. The second-order valence-electron chi connectivity index (χ2n) is 7.52. The highest BCUT2D eigenvalue weighted by atomic mass is 127. The van der Waals surface area contributed by atoms with Crippen molar-refractivity contribution in [3.05, 3.63) is 29.8 Å². The molecule has 30 heavy (non-hydrogen) atoms. The SMILES string of the molecule is CCNC(=NCC(CO)Cc1ccc(OC(F)(F)F)cc1)NC1CC2CCC1O2.I. The summed E-state index contributed by atoms with van der Waals surface area (Å²) in [5, 5.41) is 16.4. The van der Waals surface area contributed by atoms with E-state index in [4.69, 9.17) is 4.74 Å². The molecule has 6 nitrogen and oxygen atoms in total. The second-order valence-corrected chi connectivity index (χ2v) is 7.52. The van der Waals surface area contributed by atoms with Crippen LogP contribution in [0.3, 0.4) is 0 Å². The lowest BCUT2D eigenvalue weighted by Gasteiger charge is -2.23. The van der Waals surface area contributed by atoms with Crippen LogP contribution < -0.4 is 15.4 Å². The van der Waals surface area contributed by atoms with Crippen molar-refractivity contribution in [3.8, 4) is 5.75 Å². The Morgan fingerprint density at radius 1 is 1.30 bits per heavy atom. The van der Waals surface area contributed by atoms with E-state index >= 15 is 0 Å². The highest BCUT2D eigenvalue weighted by Gasteiger charge is 2.41. The Bertz CT molecular complexity index is 688. The number of rotatable bonds is 8. The van der Waals surface area contributed by atoms with Crippen LogP contribution in [0.2, 0.25) is 0 Å². The molecule has 0 radical (unpaired) electrons. The molecule has 3 rings (SSSR count). The smallest absolute Gasteiger partial charge is 0.406 e. The van der Waals surface area contributed by atoms with Gasteiger partial charge in [0.2, 0.25) is 0 Å². The Labute approximate surface area is 191 Å². The molecule has 0 aromatic heterocycles. The van der Waals surface area contributed by atoms with Gasteiger partial charge in [0.25, 0.3) is 0 Å². The Morgan fingerprint density at radius 2 is 2.03 bits per heavy atom. The fourth-order valence-corrected chi connectivity index (χ4v) is 3.85. The maximum atomic E-state index is 12.3. The average Bonchev–Trinajstić information content (AvgIpc) is 3.28. The molecule has 0 aliphatic carbocycles. The van der Waals surface area contributed by atoms with Gasteiger partial charge in [-0.25, -0.2) is 0 Å². The first-order valence-corrected chi connectivity index (χ1v) is 10.0. The number of hydrogen-bond acceptors (Lipinski definition) is 4. The number of aliphatic hydroxyl groups is 1. The summed E-state index contributed by atoms with van der Waals surface area (Å²) in [6.07, 6.45) is -0.466. The van der Waals surface area contributed by atoms with E-state index in [1.807, 2.05) is 6.92 Å². The molecule has 1 aromatic rings. The molecule has 2 saturated heterocycles. The standard InChI is InChI=1S/C20H28F3N3O3.HI/c1-2-24-19(26-17-10-16-7-8-18(17)28-16)25-11-14(12-27)9-13-3-5-15(6-4-13)29-20(21,22)23;/h3-6,14,16-18,27H,2,7-12H2,1H3,(H2,24,25,26);1H. The quantitative estimate of drug-likeness (QED) is 0.267. The lowest BCUT2D eigenvalue weighted by atomic mass is 9.96. The first-order chi connectivity index (χ1) is 13.9. The van der Waals surface area contributed by atoms with Gasteiger partial charge in [0, 0.05) is 25.6 Å². The number of guanidine groups is 1. The number of fused-ring (bicyclic) bond motifs is 2. The molecule has 2 bridgehead atoms. The van der Waals surface area contributed by atoms with E-state index in [1.165, 1.54) is 12.1 Å². The highest BCUT2D eigenvalue weighted by Crippen LogP contribution is 2.34. The number of hydrogen-bond donors (Lipinski definition) is 3. The van der Waals surface area contributed by atoms with Crippen LogP contribution in [-0.4, -0.2) is 55.4 Å². The minimum Gasteiger partial charge on any atom is -0.406 e. The monoisotopic (exact) mass is 543 g/mol. The van der Waals surface area contributed by atoms with Crippen molar-refractivity contribution in [3.63, 3.8) is 0 Å². The Kier molecular flexibility index (Phi) is 9.48. The van der Waals surface area contributed by atoms with Crippen molar-refractivity contribution in [2.75, 3.05) is 19.7 Å². The highest BCUT2D eigenvalue weighted by molar-refractivity contribution is 14.0. The molecule has 4 unspecified atom stereocenters. The zero-order chi connectivity index (χ0) is 20.9. The number of aliphatic imine (C=N–C) groups is 1. The van der Waals surface area contributed by atoms with Gasteiger partial charge >= 0.3 is 6.36 Å². The van der Waals surface area contributed by atoms with Gasteiger partial charge in [0.15, 0.2) is 5.96 Å². The molecule has 0 spiro atoms. The summed E-state index contributed by atoms with van der Waals surface area (Å²) < 4.78 is 46.5. The van der Waals surface area contributed by atoms with Gasteiger partial charge in [-0.05, 0) is 50.3 Å². The van der Waals surface area contributed by atoms with Crippen LogP contribution >= 0.6 is 24.0 Å². The molecule has 170 valence electrons. The number of halogens is 4. The minimum absolute atomic E-state index is 0. The fraction of sp³-hybridized carbons (Fsp3) is 0.650. The summed E-state index contributed by atoms with van der Waals surface area (Å²) in [6, 6.07) is 5.95. The van der Waals surface area contributed by atoms with Gasteiger partial charge in [0.05, 0.1) is 18.2 Å². The van der Waals surface area contributed by atoms with Crippen molar-refractivity contribution in [1.82, 2.24) is 10.6 Å². The molecule has 0 amide bonds. The van der Waals surface area contributed by atoms with Gasteiger partial charge in [-0.1, -0.05) is 12.1 Å². The number of alkyl halides is 3. The topological polar surface area (TPSA) is 75.1 Å². The Morgan fingerprint density at radius 3 is 2.57 bits per heavy atom. The van der Waals surface area contributed by atoms with E-state index in [0.717, 1.165) is 31.4 Å². The number of ether oxygens (including phenoxy) is 2. The largest absolute Gasteiger partial charge is 0.573 e. The van der Waals surface area contributed by atoms with Crippen molar-refractivity contribution < 1.29 is 27.8 Å². The van der Waals surface area contributed by atoms with E-state index < -0.39 is 6.36 Å². The zero-order valence-corrected chi connectivity index (χ0v) is 19.2. The summed E-state index contributed by atoms with van der Waals surface area (Å²) in [4.78, 5) is 4.60. The maximum Gasteiger partial charge on any atom is 0.573 e. The summed E-state index contributed by atoms with van der Waals surface area (Å²) in [5.74, 6) is 0.295. The van der Waals surface area contributed by atoms with Gasteiger partial charge in [0.1, 0.15) is 5.75 Å². The second kappa shape index (κ2) is 11.4. The van der Waals surface area contributed by atoms with Crippen LogP contribution in [-0.2, 0) is 11.2 Å². The third-order valence-corrected chi connectivity index (χ3v) is 5.22. The Hall–Kier alpha value is -1.27. The summed E-state index contributed by atoms with van der Waals surface area (Å²) in [7, 11) is 0. The predicted molar refractivity (Wildman–Crippen MR) is 118 cm³/mol. The maximum absolute atomic E-state index is 12.3. The zero-order valence-electron chi connectivity index (χ0n) is 16.8. The molecule has 3 N–H and O–H groups in total. The van der Waals surface area contributed by atoms with Gasteiger partial charge in [-0.3, -0.25) is 4.99 Å². The number of aliphatic hydroxyl groups excluding tert-OH is 1. The van der Waals surface area contributed by atoms with Crippen LogP contribution in [0.1, 0.15) is 31.7 Å². The van der Waals surface area contributed by atoms with Gasteiger partial charge in [-0.15, -0.1) is 37.1 Å². The third kappa shape index (κ3) is 7.45. The van der Waals surface area contributed by atoms with Gasteiger partial charge in [-0.2, -0.15) is 0 Å². The Balaban J connectivity index is 0.00000320. The summed E-state index contributed by atoms with van der Waals surface area (Å²) in [5.41, 5.74) is 0.813. The minimum atomic E-state index is -4.70. The molecular weight excluding hydrogens is 514 g/mol. The molecule has 0 saturated carbocycles. The van der Waals surface area contributed by atoms with Crippen molar-refractivity contribution in [2.24, 2.45) is 10.9 Å². The first kappa shape index (κ1) is 25.0. The molecular formula is C20H29F3IN3O3. The van der Waals surface area contributed by atoms with E-state index in [0.29, 0.717) is 25.0 Å². The normalized spacial score (nSPS) is 24.3. The summed E-state index contributed by atoms with van der Waals surface area (Å²) in [6.45, 7) is 3.04. The molecule has 2 aliphatic heterocycles. The lowest BCUT2D eigenvalue weighted by Crippen LogP contribution is -2.47. The van der Waals surface area contributed by atoms with Gasteiger partial charge < -0.3 is 25.2 Å².